The monoisotopic (exact) mass is 368 g/mol. The van der Waals surface area contributed by atoms with E-state index < -0.39 is 15.7 Å². The number of aryl methyl sites for hydroxylation is 1. The summed E-state index contributed by atoms with van der Waals surface area (Å²) in [6.45, 7) is 1.79. The van der Waals surface area contributed by atoms with Crippen molar-refractivity contribution in [2.75, 3.05) is 11.6 Å². The maximum Gasteiger partial charge on any atom is 0.275 e. The molecule has 0 aliphatic carbocycles. The van der Waals surface area contributed by atoms with Gasteiger partial charge in [0, 0.05) is 22.6 Å². The summed E-state index contributed by atoms with van der Waals surface area (Å²) in [6.07, 6.45) is 2.64. The smallest absolute Gasteiger partial charge is 0.275 e. The van der Waals surface area contributed by atoms with Gasteiger partial charge in [-0.15, -0.1) is 0 Å². The molecule has 0 saturated heterocycles. The van der Waals surface area contributed by atoms with Gasteiger partial charge in [0.2, 0.25) is 0 Å². The number of halogens is 1. The Morgan fingerprint density at radius 3 is 2.62 bits per heavy atom. The predicted octanol–water partition coefficient (Wildman–Crippen LogP) is 2.81. The van der Waals surface area contributed by atoms with Crippen LogP contribution >= 0.6 is 15.9 Å². The molecule has 1 aromatic heterocycles. The molecule has 0 aliphatic rings. The summed E-state index contributed by atoms with van der Waals surface area (Å²) in [5, 5.41) is 2.68. The Kier molecular flexibility index (Phi) is 4.43. The van der Waals surface area contributed by atoms with E-state index in [1.807, 2.05) is 0 Å². The minimum atomic E-state index is -3.33. The van der Waals surface area contributed by atoms with Gasteiger partial charge in [0.05, 0.1) is 4.90 Å². The summed E-state index contributed by atoms with van der Waals surface area (Å²) >= 11 is 3.26. The fourth-order valence-electron chi connectivity index (χ4n) is 1.70. The number of carbonyl (C=O) groups is 1. The molecule has 2 rings (SSSR count). The van der Waals surface area contributed by atoms with Crippen molar-refractivity contribution in [3.8, 4) is 0 Å². The molecular formula is C14H13BrN2O3S. The lowest BCUT2D eigenvalue weighted by molar-refractivity contribution is 0.102. The molecule has 5 nitrogen and oxygen atoms in total. The van der Waals surface area contributed by atoms with Gasteiger partial charge in [-0.25, -0.2) is 13.4 Å². The highest BCUT2D eigenvalue weighted by molar-refractivity contribution is 9.10. The molecule has 0 atom stereocenters. The third-order valence-corrected chi connectivity index (χ3v) is 4.61. The quantitative estimate of drug-likeness (QED) is 0.903. The minimum absolute atomic E-state index is 0.156. The van der Waals surface area contributed by atoms with Gasteiger partial charge in [0.25, 0.3) is 5.91 Å². The SMILES string of the molecule is Cc1ccc(S(C)(=O)=O)cc1NC(=O)c1ncccc1Br. The Labute approximate surface area is 131 Å². The lowest BCUT2D eigenvalue weighted by Crippen LogP contribution is -2.15. The lowest BCUT2D eigenvalue weighted by atomic mass is 10.2. The van der Waals surface area contributed by atoms with Crippen molar-refractivity contribution in [1.82, 2.24) is 4.98 Å². The van der Waals surface area contributed by atoms with Crippen LogP contribution in [0.5, 0.6) is 0 Å². The summed E-state index contributed by atoms with van der Waals surface area (Å²) in [5.74, 6) is -0.406. The molecule has 0 bridgehead atoms. The third-order valence-electron chi connectivity index (χ3n) is 2.86. The number of hydrogen-bond donors (Lipinski definition) is 1. The van der Waals surface area contributed by atoms with E-state index in [9.17, 15) is 13.2 Å². The molecule has 0 saturated carbocycles. The van der Waals surface area contributed by atoms with E-state index in [4.69, 9.17) is 0 Å². The van der Waals surface area contributed by atoms with Crippen LogP contribution in [0.1, 0.15) is 16.1 Å². The zero-order chi connectivity index (χ0) is 15.6. The van der Waals surface area contributed by atoms with Gasteiger partial charge in [-0.3, -0.25) is 4.79 Å². The average molecular weight is 369 g/mol. The maximum absolute atomic E-state index is 12.2. The number of hydrogen-bond acceptors (Lipinski definition) is 4. The molecule has 1 N–H and O–H groups in total. The van der Waals surface area contributed by atoms with Crippen molar-refractivity contribution >= 4 is 37.4 Å². The highest BCUT2D eigenvalue weighted by Crippen LogP contribution is 2.22. The summed E-state index contributed by atoms with van der Waals surface area (Å²) < 4.78 is 23.7. The summed E-state index contributed by atoms with van der Waals surface area (Å²) in [6, 6.07) is 8.02. The Morgan fingerprint density at radius 1 is 1.29 bits per heavy atom. The molecule has 1 aromatic carbocycles. The summed E-state index contributed by atoms with van der Waals surface area (Å²) in [7, 11) is -3.33. The Balaban J connectivity index is 2.36. The lowest BCUT2D eigenvalue weighted by Gasteiger charge is -2.10. The number of amides is 1. The first kappa shape index (κ1) is 15.7. The van der Waals surface area contributed by atoms with Gasteiger partial charge >= 0.3 is 0 Å². The second-order valence-electron chi connectivity index (χ2n) is 4.54. The van der Waals surface area contributed by atoms with E-state index in [0.29, 0.717) is 10.2 Å². The first-order valence-corrected chi connectivity index (χ1v) is 8.70. The van der Waals surface area contributed by atoms with Crippen LogP contribution in [0.3, 0.4) is 0 Å². The van der Waals surface area contributed by atoms with Crippen LogP contribution in [-0.2, 0) is 9.84 Å². The molecule has 1 amide bonds. The highest BCUT2D eigenvalue weighted by atomic mass is 79.9. The van der Waals surface area contributed by atoms with E-state index in [1.165, 1.54) is 18.3 Å². The second-order valence-corrected chi connectivity index (χ2v) is 7.41. The van der Waals surface area contributed by atoms with Crippen LogP contribution in [0, 0.1) is 6.92 Å². The average Bonchev–Trinajstić information content (AvgIpc) is 2.40. The zero-order valence-corrected chi connectivity index (χ0v) is 13.8. The van der Waals surface area contributed by atoms with Crippen LogP contribution in [0.15, 0.2) is 45.9 Å². The number of pyridine rings is 1. The molecular weight excluding hydrogens is 356 g/mol. The van der Waals surface area contributed by atoms with Gasteiger partial charge in [-0.2, -0.15) is 0 Å². The Bertz CT molecular complexity index is 804. The van der Waals surface area contributed by atoms with Crippen LogP contribution in [0.25, 0.3) is 0 Å². The van der Waals surface area contributed by atoms with E-state index in [0.717, 1.165) is 11.8 Å². The molecule has 2 aromatic rings. The molecule has 0 radical (unpaired) electrons. The van der Waals surface area contributed by atoms with Crippen LogP contribution in [0.4, 0.5) is 5.69 Å². The van der Waals surface area contributed by atoms with Crippen molar-refractivity contribution in [2.24, 2.45) is 0 Å². The van der Waals surface area contributed by atoms with Gasteiger partial charge in [-0.05, 0) is 52.7 Å². The van der Waals surface area contributed by atoms with Crippen LogP contribution < -0.4 is 5.32 Å². The van der Waals surface area contributed by atoms with Crippen molar-refractivity contribution in [3.05, 3.63) is 52.3 Å². The number of sulfone groups is 1. The number of aromatic nitrogens is 1. The summed E-state index contributed by atoms with van der Waals surface area (Å²) in [4.78, 5) is 16.3. The largest absolute Gasteiger partial charge is 0.320 e. The van der Waals surface area contributed by atoms with E-state index >= 15 is 0 Å². The second kappa shape index (κ2) is 5.95. The molecule has 110 valence electrons. The predicted molar refractivity (Wildman–Crippen MR) is 84.2 cm³/mol. The Morgan fingerprint density at radius 2 is 2.00 bits per heavy atom. The van der Waals surface area contributed by atoms with E-state index in [1.54, 1.807) is 25.1 Å². The molecule has 1 heterocycles. The maximum atomic E-state index is 12.2. The van der Waals surface area contributed by atoms with Gasteiger partial charge in [0.15, 0.2) is 9.84 Å². The number of anilines is 1. The van der Waals surface area contributed by atoms with E-state index in [-0.39, 0.29) is 10.6 Å². The summed E-state index contributed by atoms with van der Waals surface area (Å²) in [5.41, 5.74) is 1.45. The minimum Gasteiger partial charge on any atom is -0.320 e. The molecule has 0 aliphatic heterocycles. The van der Waals surface area contributed by atoms with E-state index in [2.05, 4.69) is 26.2 Å². The molecule has 0 unspecified atom stereocenters. The van der Waals surface area contributed by atoms with Gasteiger partial charge < -0.3 is 5.32 Å². The van der Waals surface area contributed by atoms with Crippen molar-refractivity contribution in [3.63, 3.8) is 0 Å². The third kappa shape index (κ3) is 3.68. The topological polar surface area (TPSA) is 76.1 Å². The first-order chi connectivity index (χ1) is 9.79. The number of carbonyl (C=O) groups excluding carboxylic acids is 1. The highest BCUT2D eigenvalue weighted by Gasteiger charge is 2.14. The number of benzene rings is 1. The molecule has 21 heavy (non-hydrogen) atoms. The fraction of sp³-hybridized carbons (Fsp3) is 0.143. The Hall–Kier alpha value is -1.73. The fourth-order valence-corrected chi connectivity index (χ4v) is 2.78. The van der Waals surface area contributed by atoms with Crippen molar-refractivity contribution in [1.29, 1.82) is 0 Å². The molecule has 0 fully saturated rings. The van der Waals surface area contributed by atoms with Gasteiger partial charge in [-0.1, -0.05) is 6.07 Å². The van der Waals surface area contributed by atoms with Crippen LogP contribution in [0.2, 0.25) is 0 Å². The number of nitrogens with zero attached hydrogens (tertiary/aromatic N) is 1. The zero-order valence-electron chi connectivity index (χ0n) is 11.4. The number of rotatable bonds is 3. The van der Waals surface area contributed by atoms with Crippen LogP contribution in [-0.4, -0.2) is 25.6 Å². The first-order valence-electron chi connectivity index (χ1n) is 6.01. The number of nitrogens with one attached hydrogen (secondary N) is 1. The molecule has 7 heteroatoms. The standard InChI is InChI=1S/C14H13BrN2O3S/c1-9-5-6-10(21(2,19)20)8-12(9)17-14(18)13-11(15)4-3-7-16-13/h3-8H,1-2H3,(H,17,18). The normalized spacial score (nSPS) is 11.2. The van der Waals surface area contributed by atoms with Crippen molar-refractivity contribution in [2.45, 2.75) is 11.8 Å². The van der Waals surface area contributed by atoms with Gasteiger partial charge in [0.1, 0.15) is 5.69 Å². The molecule has 0 spiro atoms. The van der Waals surface area contributed by atoms with Crippen molar-refractivity contribution < 1.29 is 13.2 Å².